The fourth-order valence-corrected chi connectivity index (χ4v) is 3.91. The minimum atomic E-state index is 0.126. The quantitative estimate of drug-likeness (QED) is 0.328. The van der Waals surface area contributed by atoms with Gasteiger partial charge < -0.3 is 20.6 Å². The highest BCUT2D eigenvalue weighted by atomic mass is 16.5. The van der Waals surface area contributed by atoms with Crippen LogP contribution in [0.15, 0.2) is 5.16 Å². The van der Waals surface area contributed by atoms with Crippen LogP contribution in [0.2, 0.25) is 0 Å². The molecule has 4 atom stereocenters. The number of fused-ring (bicyclic) bond motifs is 5. The molecule has 2 bridgehead atoms. The SMILES string of the molecule is CC12CCC(O1)C1CN(CCC(N)=NO)CC12. The summed E-state index contributed by atoms with van der Waals surface area (Å²) < 4.78 is 6.11. The molecule has 0 radical (unpaired) electrons. The van der Waals surface area contributed by atoms with Crippen LogP contribution in [-0.4, -0.2) is 47.3 Å². The second-order valence-corrected chi connectivity index (χ2v) is 5.88. The molecule has 0 aromatic rings. The normalized spacial score (nSPS) is 45.5. The van der Waals surface area contributed by atoms with Gasteiger partial charge in [-0.25, -0.2) is 0 Å². The van der Waals surface area contributed by atoms with Crippen LogP contribution in [0.5, 0.6) is 0 Å². The molecule has 0 aromatic carbocycles. The van der Waals surface area contributed by atoms with Gasteiger partial charge in [-0.1, -0.05) is 5.16 Å². The average Bonchev–Trinajstić information content (AvgIpc) is 2.95. The Morgan fingerprint density at radius 1 is 1.59 bits per heavy atom. The van der Waals surface area contributed by atoms with Crippen molar-refractivity contribution >= 4 is 5.84 Å². The largest absolute Gasteiger partial charge is 0.409 e. The van der Waals surface area contributed by atoms with Crippen molar-refractivity contribution in [2.24, 2.45) is 22.7 Å². The second-order valence-electron chi connectivity index (χ2n) is 5.88. The van der Waals surface area contributed by atoms with E-state index in [0.29, 0.717) is 30.2 Å². The Bertz CT molecular complexity index is 347. The lowest BCUT2D eigenvalue weighted by molar-refractivity contribution is -0.00290. The number of hydrogen-bond acceptors (Lipinski definition) is 4. The summed E-state index contributed by atoms with van der Waals surface area (Å²) in [6, 6.07) is 0. The van der Waals surface area contributed by atoms with E-state index >= 15 is 0 Å². The number of ether oxygens (including phenoxy) is 1. The average molecular weight is 239 g/mol. The molecule has 0 spiro atoms. The van der Waals surface area contributed by atoms with E-state index in [4.69, 9.17) is 15.7 Å². The number of nitrogens with two attached hydrogens (primary N) is 1. The molecule has 0 saturated carbocycles. The third-order valence-electron chi connectivity index (χ3n) is 4.86. The van der Waals surface area contributed by atoms with Gasteiger partial charge in [0.15, 0.2) is 0 Å². The highest BCUT2D eigenvalue weighted by Gasteiger charge is 2.59. The molecule has 0 amide bonds. The van der Waals surface area contributed by atoms with Gasteiger partial charge in [0, 0.05) is 37.9 Å². The zero-order valence-electron chi connectivity index (χ0n) is 10.3. The van der Waals surface area contributed by atoms with Gasteiger partial charge in [-0.3, -0.25) is 0 Å². The Morgan fingerprint density at radius 3 is 3.12 bits per heavy atom. The smallest absolute Gasteiger partial charge is 0.140 e. The summed E-state index contributed by atoms with van der Waals surface area (Å²) in [6.07, 6.45) is 3.58. The predicted octanol–water partition coefficient (Wildman–Crippen LogP) is 0.622. The zero-order chi connectivity index (χ0) is 12.0. The second kappa shape index (κ2) is 3.85. The molecule has 3 fully saturated rings. The third kappa shape index (κ3) is 1.72. The molecule has 5 heteroatoms. The van der Waals surface area contributed by atoms with E-state index in [0.717, 1.165) is 19.6 Å². The molecule has 4 unspecified atom stereocenters. The van der Waals surface area contributed by atoms with Gasteiger partial charge in [0.05, 0.1) is 11.7 Å². The highest BCUT2D eigenvalue weighted by molar-refractivity contribution is 5.79. The summed E-state index contributed by atoms with van der Waals surface area (Å²) >= 11 is 0. The third-order valence-corrected chi connectivity index (χ3v) is 4.86. The number of oxime groups is 1. The number of amidine groups is 1. The molecule has 3 heterocycles. The molecule has 0 aliphatic carbocycles. The van der Waals surface area contributed by atoms with Gasteiger partial charge >= 0.3 is 0 Å². The first-order chi connectivity index (χ1) is 8.12. The van der Waals surface area contributed by atoms with E-state index in [9.17, 15) is 0 Å². The van der Waals surface area contributed by atoms with Gasteiger partial charge in [-0.2, -0.15) is 0 Å². The van der Waals surface area contributed by atoms with Crippen molar-refractivity contribution in [1.29, 1.82) is 0 Å². The van der Waals surface area contributed by atoms with Crippen molar-refractivity contribution in [3.8, 4) is 0 Å². The van der Waals surface area contributed by atoms with Crippen LogP contribution >= 0.6 is 0 Å². The van der Waals surface area contributed by atoms with Crippen LogP contribution in [0.25, 0.3) is 0 Å². The maximum Gasteiger partial charge on any atom is 0.140 e. The summed E-state index contributed by atoms with van der Waals surface area (Å²) in [5.41, 5.74) is 5.63. The number of likely N-dealkylation sites (tertiary alicyclic amines) is 1. The number of rotatable bonds is 3. The molecule has 0 aromatic heterocycles. The van der Waals surface area contributed by atoms with Gasteiger partial charge in [0.2, 0.25) is 0 Å². The van der Waals surface area contributed by atoms with E-state index in [-0.39, 0.29) is 5.60 Å². The van der Waals surface area contributed by atoms with E-state index in [2.05, 4.69) is 17.0 Å². The van der Waals surface area contributed by atoms with Gasteiger partial charge in [-0.15, -0.1) is 0 Å². The minimum absolute atomic E-state index is 0.126. The molecule has 17 heavy (non-hydrogen) atoms. The Hall–Kier alpha value is -0.810. The van der Waals surface area contributed by atoms with Crippen LogP contribution in [-0.2, 0) is 4.74 Å². The van der Waals surface area contributed by atoms with E-state index in [1.54, 1.807) is 0 Å². The van der Waals surface area contributed by atoms with Crippen LogP contribution < -0.4 is 5.73 Å². The zero-order valence-corrected chi connectivity index (χ0v) is 10.3. The molecular weight excluding hydrogens is 218 g/mol. The molecular formula is C12H21N3O2. The Kier molecular flexibility index (Phi) is 2.56. The van der Waals surface area contributed by atoms with Crippen LogP contribution in [0.4, 0.5) is 0 Å². The molecule has 5 nitrogen and oxygen atoms in total. The molecule has 3 rings (SSSR count). The van der Waals surface area contributed by atoms with Crippen molar-refractivity contribution in [3.63, 3.8) is 0 Å². The van der Waals surface area contributed by atoms with Crippen LogP contribution in [0.3, 0.4) is 0 Å². The fourth-order valence-electron chi connectivity index (χ4n) is 3.91. The van der Waals surface area contributed by atoms with Gasteiger partial charge in [0.1, 0.15) is 5.84 Å². The summed E-state index contributed by atoms with van der Waals surface area (Å²) in [5, 5.41) is 11.6. The lowest BCUT2D eigenvalue weighted by atomic mass is 9.75. The maximum atomic E-state index is 8.53. The van der Waals surface area contributed by atoms with Gasteiger partial charge in [-0.05, 0) is 19.8 Å². The van der Waals surface area contributed by atoms with Crippen molar-refractivity contribution < 1.29 is 9.94 Å². The van der Waals surface area contributed by atoms with Gasteiger partial charge in [0.25, 0.3) is 0 Å². The Labute approximate surface area is 102 Å². The van der Waals surface area contributed by atoms with Crippen molar-refractivity contribution in [2.75, 3.05) is 19.6 Å². The molecule has 3 aliphatic heterocycles. The Balaban J connectivity index is 1.60. The van der Waals surface area contributed by atoms with E-state index in [1.807, 2.05) is 0 Å². The van der Waals surface area contributed by atoms with Crippen molar-refractivity contribution in [2.45, 2.75) is 37.9 Å². The predicted molar refractivity (Wildman–Crippen MR) is 64.0 cm³/mol. The topological polar surface area (TPSA) is 71.1 Å². The number of nitrogens with zero attached hydrogens (tertiary/aromatic N) is 2. The summed E-state index contributed by atoms with van der Waals surface area (Å²) in [5.74, 6) is 1.72. The van der Waals surface area contributed by atoms with Crippen molar-refractivity contribution in [1.82, 2.24) is 4.90 Å². The standard InChI is InChI=1S/C12H21N3O2/c1-12-4-2-10(17-12)8-6-15(7-9(8)12)5-3-11(13)14-16/h8-10,16H,2-7H2,1H3,(H2,13,14). The maximum absolute atomic E-state index is 8.53. The monoisotopic (exact) mass is 239 g/mol. The fraction of sp³-hybridized carbons (Fsp3) is 0.917. The van der Waals surface area contributed by atoms with E-state index in [1.165, 1.54) is 12.8 Å². The lowest BCUT2D eigenvalue weighted by Gasteiger charge is -2.28. The minimum Gasteiger partial charge on any atom is -0.409 e. The first-order valence-corrected chi connectivity index (χ1v) is 6.49. The molecule has 3 saturated heterocycles. The summed E-state index contributed by atoms with van der Waals surface area (Å²) in [4.78, 5) is 2.44. The first kappa shape index (κ1) is 11.3. The summed E-state index contributed by atoms with van der Waals surface area (Å²) in [7, 11) is 0. The summed E-state index contributed by atoms with van der Waals surface area (Å²) in [6.45, 7) is 5.39. The first-order valence-electron chi connectivity index (χ1n) is 6.49. The van der Waals surface area contributed by atoms with Crippen LogP contribution in [0, 0.1) is 11.8 Å². The number of hydrogen-bond donors (Lipinski definition) is 2. The lowest BCUT2D eigenvalue weighted by Crippen LogP contribution is -2.35. The molecule has 3 N–H and O–H groups in total. The van der Waals surface area contributed by atoms with Crippen molar-refractivity contribution in [3.05, 3.63) is 0 Å². The Morgan fingerprint density at radius 2 is 2.41 bits per heavy atom. The molecule has 96 valence electrons. The highest BCUT2D eigenvalue weighted by Crippen LogP contribution is 2.53. The van der Waals surface area contributed by atoms with E-state index < -0.39 is 0 Å². The van der Waals surface area contributed by atoms with Crippen LogP contribution in [0.1, 0.15) is 26.2 Å². The molecule has 3 aliphatic rings.